The molecule has 0 fully saturated rings. The van der Waals surface area contributed by atoms with Gasteiger partial charge in [0.15, 0.2) is 11.7 Å². The number of hydrogen-bond acceptors (Lipinski definition) is 6. The average molecular weight is 378 g/mol. The third-order valence-corrected chi connectivity index (χ3v) is 4.54. The maximum Gasteiger partial charge on any atom is 0.336 e. The van der Waals surface area contributed by atoms with Gasteiger partial charge in [0.25, 0.3) is 5.91 Å². The number of carbonyl (C=O) groups is 1. The summed E-state index contributed by atoms with van der Waals surface area (Å²) in [6.07, 6.45) is 0. The van der Waals surface area contributed by atoms with E-state index in [1.807, 2.05) is 35.7 Å². The van der Waals surface area contributed by atoms with Crippen molar-refractivity contribution in [3.8, 4) is 17.0 Å². The monoisotopic (exact) mass is 378 g/mol. The Morgan fingerprint density at radius 3 is 2.78 bits per heavy atom. The minimum Gasteiger partial charge on any atom is -0.484 e. The summed E-state index contributed by atoms with van der Waals surface area (Å²) < 4.78 is 10.6. The highest BCUT2D eigenvalue weighted by atomic mass is 32.1. The van der Waals surface area contributed by atoms with Gasteiger partial charge in [-0.25, -0.2) is 9.78 Å². The first-order valence-electron chi connectivity index (χ1n) is 8.15. The van der Waals surface area contributed by atoms with Crippen molar-refractivity contribution in [2.45, 2.75) is 0 Å². The molecule has 1 N–H and O–H groups in total. The Kier molecular flexibility index (Phi) is 4.67. The van der Waals surface area contributed by atoms with E-state index < -0.39 is 5.63 Å². The van der Waals surface area contributed by atoms with Gasteiger partial charge in [0.05, 0.1) is 5.69 Å². The Labute approximate surface area is 158 Å². The second-order valence-electron chi connectivity index (χ2n) is 5.69. The number of ether oxygens (including phenoxy) is 1. The molecule has 0 bridgehead atoms. The minimum absolute atomic E-state index is 0.178. The molecular formula is C20H14N2O4S. The lowest BCUT2D eigenvalue weighted by atomic mass is 10.2. The number of nitrogens with zero attached hydrogens (tertiary/aromatic N) is 1. The molecule has 0 aliphatic heterocycles. The van der Waals surface area contributed by atoms with E-state index in [-0.39, 0.29) is 12.5 Å². The molecule has 1 amide bonds. The number of rotatable bonds is 5. The largest absolute Gasteiger partial charge is 0.484 e. The first-order valence-corrected chi connectivity index (χ1v) is 9.03. The number of benzene rings is 2. The van der Waals surface area contributed by atoms with Gasteiger partial charge >= 0.3 is 5.63 Å². The Bertz CT molecular complexity index is 1150. The van der Waals surface area contributed by atoms with Crippen molar-refractivity contribution >= 4 is 33.3 Å². The van der Waals surface area contributed by atoms with Crippen molar-refractivity contribution in [1.29, 1.82) is 0 Å². The van der Waals surface area contributed by atoms with E-state index in [0.717, 1.165) is 16.6 Å². The maximum atomic E-state index is 12.1. The highest BCUT2D eigenvalue weighted by Crippen LogP contribution is 2.24. The quantitative estimate of drug-likeness (QED) is 0.532. The van der Waals surface area contributed by atoms with Crippen molar-refractivity contribution in [3.05, 3.63) is 76.5 Å². The Hall–Kier alpha value is -3.45. The molecule has 2 heterocycles. The predicted octanol–water partition coefficient (Wildman–Crippen LogP) is 3.93. The van der Waals surface area contributed by atoms with Gasteiger partial charge in [0.1, 0.15) is 11.3 Å². The van der Waals surface area contributed by atoms with Gasteiger partial charge < -0.3 is 9.15 Å². The molecule has 0 aliphatic carbocycles. The first kappa shape index (κ1) is 17.0. The fourth-order valence-corrected chi connectivity index (χ4v) is 3.24. The lowest BCUT2D eigenvalue weighted by Crippen LogP contribution is -2.20. The average Bonchev–Trinajstić information content (AvgIpc) is 3.15. The zero-order valence-corrected chi connectivity index (χ0v) is 14.9. The van der Waals surface area contributed by atoms with Gasteiger partial charge in [-0.3, -0.25) is 10.1 Å². The predicted molar refractivity (Wildman–Crippen MR) is 104 cm³/mol. The number of fused-ring (bicyclic) bond motifs is 1. The van der Waals surface area contributed by atoms with Crippen LogP contribution in [0.1, 0.15) is 0 Å². The summed E-state index contributed by atoms with van der Waals surface area (Å²) in [7, 11) is 0. The highest BCUT2D eigenvalue weighted by Gasteiger charge is 2.09. The van der Waals surface area contributed by atoms with Gasteiger partial charge in [-0.2, -0.15) is 0 Å². The van der Waals surface area contributed by atoms with Crippen LogP contribution in [-0.4, -0.2) is 17.5 Å². The van der Waals surface area contributed by atoms with Crippen LogP contribution in [0.15, 0.2) is 75.3 Å². The number of aromatic nitrogens is 1. The van der Waals surface area contributed by atoms with Gasteiger partial charge in [-0.05, 0) is 18.2 Å². The SMILES string of the molecule is O=C(COc1ccc2ccc(=O)oc2c1)Nc1nc(-c2ccccc2)cs1. The van der Waals surface area contributed by atoms with Crippen molar-refractivity contribution < 1.29 is 13.9 Å². The molecule has 0 spiro atoms. The molecular weight excluding hydrogens is 364 g/mol. The van der Waals surface area contributed by atoms with E-state index in [4.69, 9.17) is 9.15 Å². The van der Waals surface area contributed by atoms with Crippen LogP contribution >= 0.6 is 11.3 Å². The van der Waals surface area contributed by atoms with Crippen LogP contribution < -0.4 is 15.7 Å². The zero-order chi connectivity index (χ0) is 18.6. The van der Waals surface area contributed by atoms with E-state index in [0.29, 0.717) is 16.5 Å². The molecule has 4 rings (SSSR count). The Morgan fingerprint density at radius 2 is 1.93 bits per heavy atom. The highest BCUT2D eigenvalue weighted by molar-refractivity contribution is 7.14. The summed E-state index contributed by atoms with van der Waals surface area (Å²) in [5, 5.41) is 5.89. The minimum atomic E-state index is -0.435. The Balaban J connectivity index is 1.39. The van der Waals surface area contributed by atoms with Crippen LogP contribution in [0.5, 0.6) is 5.75 Å². The maximum absolute atomic E-state index is 12.1. The zero-order valence-electron chi connectivity index (χ0n) is 14.0. The van der Waals surface area contributed by atoms with Crippen LogP contribution in [0, 0.1) is 0 Å². The summed E-state index contributed by atoms with van der Waals surface area (Å²) in [6, 6.07) is 17.8. The third-order valence-electron chi connectivity index (χ3n) is 3.78. The molecule has 2 aromatic heterocycles. The van der Waals surface area contributed by atoms with E-state index in [1.165, 1.54) is 17.4 Å². The first-order chi connectivity index (χ1) is 13.2. The normalized spacial score (nSPS) is 10.7. The smallest absolute Gasteiger partial charge is 0.336 e. The van der Waals surface area contributed by atoms with Crippen LogP contribution in [0.2, 0.25) is 0 Å². The van der Waals surface area contributed by atoms with Crippen LogP contribution in [0.4, 0.5) is 5.13 Å². The number of thiazole rings is 1. The fraction of sp³-hybridized carbons (Fsp3) is 0.0500. The van der Waals surface area contributed by atoms with E-state index in [1.54, 1.807) is 24.3 Å². The summed E-state index contributed by atoms with van der Waals surface area (Å²) in [6.45, 7) is -0.178. The summed E-state index contributed by atoms with van der Waals surface area (Å²) in [5.41, 5.74) is 1.77. The number of anilines is 1. The molecule has 0 saturated heterocycles. The van der Waals surface area contributed by atoms with Gasteiger partial charge in [-0.1, -0.05) is 30.3 Å². The van der Waals surface area contributed by atoms with E-state index >= 15 is 0 Å². The second-order valence-corrected chi connectivity index (χ2v) is 6.55. The lowest BCUT2D eigenvalue weighted by Gasteiger charge is -2.06. The number of amides is 1. The van der Waals surface area contributed by atoms with Crippen molar-refractivity contribution in [3.63, 3.8) is 0 Å². The molecule has 0 saturated carbocycles. The topological polar surface area (TPSA) is 81.4 Å². The molecule has 6 nitrogen and oxygen atoms in total. The Morgan fingerprint density at radius 1 is 1.11 bits per heavy atom. The standard InChI is InChI=1S/C20H14N2O4S/c23-18(22-20-21-16(12-27-20)13-4-2-1-3-5-13)11-25-15-8-6-14-7-9-19(24)26-17(14)10-15/h1-10,12H,11H2,(H,21,22,23). The summed E-state index contributed by atoms with van der Waals surface area (Å²) in [5.74, 6) is 0.120. The van der Waals surface area contributed by atoms with Crippen LogP contribution in [-0.2, 0) is 4.79 Å². The van der Waals surface area contributed by atoms with Gasteiger partial charge in [0.2, 0.25) is 0 Å². The van der Waals surface area contributed by atoms with Gasteiger partial charge in [-0.15, -0.1) is 11.3 Å². The number of nitrogens with one attached hydrogen (secondary N) is 1. The van der Waals surface area contributed by atoms with Crippen LogP contribution in [0.3, 0.4) is 0 Å². The second kappa shape index (κ2) is 7.43. The molecule has 0 atom stereocenters. The van der Waals surface area contributed by atoms with E-state index in [2.05, 4.69) is 10.3 Å². The molecule has 134 valence electrons. The molecule has 27 heavy (non-hydrogen) atoms. The van der Waals surface area contributed by atoms with Crippen LogP contribution in [0.25, 0.3) is 22.2 Å². The molecule has 0 radical (unpaired) electrons. The lowest BCUT2D eigenvalue weighted by molar-refractivity contribution is -0.118. The third kappa shape index (κ3) is 4.04. The van der Waals surface area contributed by atoms with Gasteiger partial charge in [0, 0.05) is 28.5 Å². The molecule has 2 aromatic carbocycles. The molecule has 7 heteroatoms. The molecule has 0 unspecified atom stereocenters. The van der Waals surface area contributed by atoms with Crippen molar-refractivity contribution in [2.24, 2.45) is 0 Å². The summed E-state index contributed by atoms with van der Waals surface area (Å²) in [4.78, 5) is 27.8. The number of hydrogen-bond donors (Lipinski definition) is 1. The number of carbonyl (C=O) groups excluding carboxylic acids is 1. The van der Waals surface area contributed by atoms with Crippen molar-refractivity contribution in [2.75, 3.05) is 11.9 Å². The molecule has 4 aromatic rings. The van der Waals surface area contributed by atoms with E-state index in [9.17, 15) is 9.59 Å². The summed E-state index contributed by atoms with van der Waals surface area (Å²) >= 11 is 1.35. The van der Waals surface area contributed by atoms with Crippen molar-refractivity contribution in [1.82, 2.24) is 4.98 Å². The fourth-order valence-electron chi connectivity index (χ4n) is 2.51. The molecule has 0 aliphatic rings.